The lowest BCUT2D eigenvalue weighted by Crippen LogP contribution is -2.12. The Morgan fingerprint density at radius 1 is 1.35 bits per heavy atom. The molecule has 0 bridgehead atoms. The Morgan fingerprint density at radius 2 is 1.96 bits per heavy atom. The number of anilines is 1. The van der Waals surface area contributed by atoms with Crippen LogP contribution in [0.1, 0.15) is 18.1 Å². The van der Waals surface area contributed by atoms with Gasteiger partial charge in [-0.1, -0.05) is 12.6 Å². The molecule has 0 fully saturated rings. The van der Waals surface area contributed by atoms with E-state index in [0.29, 0.717) is 22.4 Å². The Kier molecular flexibility index (Phi) is 7.26. The Labute approximate surface area is 136 Å². The van der Waals surface area contributed by atoms with Gasteiger partial charge in [-0.15, -0.1) is 4.52 Å². The van der Waals surface area contributed by atoms with E-state index >= 15 is 0 Å². The standard InChI is InChI=1S/C14H19NO6P2/c1-10(2)14(16)15-13-6-11(8-22(17)20-3)5-12(7-13)9-23(18,19)21-4/h5-7H,1,8-9H2,2-4H3,(H-,15,16,18,19)/p+1. The molecule has 23 heavy (non-hydrogen) atoms. The van der Waals surface area contributed by atoms with Crippen LogP contribution in [-0.4, -0.2) is 25.0 Å². The number of nitrogens with one attached hydrogen (secondary N) is 1. The molecule has 0 heterocycles. The fraction of sp³-hybridized carbons (Fsp3) is 0.357. The molecule has 1 aromatic carbocycles. The van der Waals surface area contributed by atoms with Gasteiger partial charge in [0.05, 0.1) is 13.3 Å². The van der Waals surface area contributed by atoms with Crippen LogP contribution in [-0.2, 0) is 35.3 Å². The quantitative estimate of drug-likeness (QED) is 0.544. The third-order valence-corrected chi connectivity index (χ3v) is 5.25. The molecule has 7 nitrogen and oxygen atoms in total. The van der Waals surface area contributed by atoms with E-state index in [4.69, 9.17) is 4.52 Å². The summed E-state index contributed by atoms with van der Waals surface area (Å²) in [5, 5.41) is 2.63. The number of hydrogen-bond donors (Lipinski definition) is 2. The van der Waals surface area contributed by atoms with Crippen LogP contribution >= 0.6 is 15.6 Å². The smallest absolute Gasteiger partial charge is 0.324 e. The molecule has 0 aliphatic carbocycles. The molecule has 0 radical (unpaired) electrons. The maximum atomic E-state index is 11.7. The first-order valence-electron chi connectivity index (χ1n) is 6.63. The zero-order chi connectivity index (χ0) is 17.6. The fourth-order valence-electron chi connectivity index (χ4n) is 1.76. The normalized spacial score (nSPS) is 14.0. The van der Waals surface area contributed by atoms with Gasteiger partial charge in [-0.25, -0.2) is 0 Å². The van der Waals surface area contributed by atoms with Crippen LogP contribution < -0.4 is 5.32 Å². The molecule has 2 unspecified atom stereocenters. The molecule has 2 N–H and O–H groups in total. The summed E-state index contributed by atoms with van der Waals surface area (Å²) in [5.74, 6) is -0.372. The molecule has 1 aromatic rings. The summed E-state index contributed by atoms with van der Waals surface area (Å²) in [6, 6.07) is 4.82. The van der Waals surface area contributed by atoms with Crippen molar-refractivity contribution in [3.63, 3.8) is 0 Å². The summed E-state index contributed by atoms with van der Waals surface area (Å²) in [6.07, 6.45) is -0.102. The van der Waals surface area contributed by atoms with E-state index < -0.39 is 15.6 Å². The minimum absolute atomic E-state index is 0.123. The largest absolute Gasteiger partial charge is 0.512 e. The Balaban J connectivity index is 3.15. The van der Waals surface area contributed by atoms with Crippen molar-refractivity contribution in [1.82, 2.24) is 0 Å². The lowest BCUT2D eigenvalue weighted by atomic mass is 10.1. The SMILES string of the molecule is C=C(C)C(=O)Nc1cc(C[P+](=O)OC)cc(CP(=O)(O)OC)c1. The average Bonchev–Trinajstić information content (AvgIpc) is 2.46. The second kappa shape index (κ2) is 8.48. The Hall–Kier alpha value is -1.36. The van der Waals surface area contributed by atoms with E-state index in [1.807, 2.05) is 0 Å². The molecule has 0 spiro atoms. The van der Waals surface area contributed by atoms with Gasteiger partial charge in [0.1, 0.15) is 0 Å². The second-order valence-electron chi connectivity index (χ2n) is 4.92. The van der Waals surface area contributed by atoms with E-state index in [9.17, 15) is 18.8 Å². The number of benzene rings is 1. The number of carbonyl (C=O) groups is 1. The highest BCUT2D eigenvalue weighted by molar-refractivity contribution is 7.51. The molecular weight excluding hydrogens is 340 g/mol. The van der Waals surface area contributed by atoms with Crippen molar-refractivity contribution in [1.29, 1.82) is 0 Å². The molecule has 0 saturated carbocycles. The highest BCUT2D eigenvalue weighted by atomic mass is 31.2. The van der Waals surface area contributed by atoms with Gasteiger partial charge >= 0.3 is 15.6 Å². The van der Waals surface area contributed by atoms with Gasteiger partial charge < -0.3 is 14.7 Å². The van der Waals surface area contributed by atoms with Crippen LogP contribution in [0.5, 0.6) is 0 Å². The molecular formula is C14H20NO6P2+. The molecule has 0 saturated heterocycles. The van der Waals surface area contributed by atoms with Gasteiger partial charge in [-0.3, -0.25) is 9.36 Å². The number of carbonyl (C=O) groups excluding carboxylic acids is 1. The molecule has 9 heteroatoms. The first kappa shape index (κ1) is 19.7. The van der Waals surface area contributed by atoms with Crippen LogP contribution in [0.25, 0.3) is 0 Å². The number of amides is 1. The summed E-state index contributed by atoms with van der Waals surface area (Å²) in [7, 11) is -3.17. The van der Waals surface area contributed by atoms with Gasteiger partial charge in [-0.05, 0) is 29.2 Å². The van der Waals surface area contributed by atoms with Crippen LogP contribution in [0.15, 0.2) is 30.4 Å². The summed E-state index contributed by atoms with van der Waals surface area (Å²) in [6.45, 7) is 5.11. The monoisotopic (exact) mass is 360 g/mol. The van der Waals surface area contributed by atoms with Crippen molar-refractivity contribution in [3.8, 4) is 0 Å². The van der Waals surface area contributed by atoms with Gasteiger partial charge in [0.15, 0.2) is 0 Å². The molecule has 1 rings (SSSR count). The second-order valence-corrected chi connectivity index (χ2v) is 8.23. The molecule has 126 valence electrons. The highest BCUT2D eigenvalue weighted by Crippen LogP contribution is 2.45. The average molecular weight is 360 g/mol. The minimum atomic E-state index is -3.76. The highest BCUT2D eigenvalue weighted by Gasteiger charge is 2.21. The van der Waals surface area contributed by atoms with Crippen LogP contribution in [0.3, 0.4) is 0 Å². The maximum absolute atomic E-state index is 11.7. The predicted molar refractivity (Wildman–Crippen MR) is 88.7 cm³/mol. The zero-order valence-corrected chi connectivity index (χ0v) is 15.0. The fourth-order valence-corrected chi connectivity index (χ4v) is 3.15. The predicted octanol–water partition coefficient (Wildman–Crippen LogP) is 3.42. The third-order valence-electron chi connectivity index (χ3n) is 2.88. The summed E-state index contributed by atoms with van der Waals surface area (Å²) >= 11 is 0. The summed E-state index contributed by atoms with van der Waals surface area (Å²) in [4.78, 5) is 21.3. The van der Waals surface area contributed by atoms with E-state index in [1.165, 1.54) is 7.11 Å². The van der Waals surface area contributed by atoms with Gasteiger partial charge in [0.25, 0.3) is 5.91 Å². The molecule has 2 atom stereocenters. The molecule has 1 amide bonds. The van der Waals surface area contributed by atoms with E-state index in [-0.39, 0.29) is 18.2 Å². The Bertz CT molecular complexity index is 673. The minimum Gasteiger partial charge on any atom is -0.324 e. The topological polar surface area (TPSA) is 102 Å². The van der Waals surface area contributed by atoms with E-state index in [0.717, 1.165) is 7.11 Å². The van der Waals surface area contributed by atoms with Crippen LogP contribution in [0.4, 0.5) is 5.69 Å². The molecule has 0 aromatic heterocycles. The van der Waals surface area contributed by atoms with E-state index in [2.05, 4.69) is 16.4 Å². The van der Waals surface area contributed by atoms with Crippen LogP contribution in [0.2, 0.25) is 0 Å². The lowest BCUT2D eigenvalue weighted by Gasteiger charge is -2.12. The van der Waals surface area contributed by atoms with Crippen molar-refractivity contribution in [2.75, 3.05) is 19.5 Å². The summed E-state index contributed by atoms with van der Waals surface area (Å²) < 4.78 is 32.6. The van der Waals surface area contributed by atoms with Gasteiger partial charge in [0, 0.05) is 23.9 Å². The molecule has 0 aliphatic heterocycles. The summed E-state index contributed by atoms with van der Waals surface area (Å²) in [5.41, 5.74) is 1.83. The Morgan fingerprint density at radius 3 is 2.48 bits per heavy atom. The van der Waals surface area contributed by atoms with Gasteiger partial charge in [0.2, 0.25) is 6.16 Å². The lowest BCUT2D eigenvalue weighted by molar-refractivity contribution is -0.112. The van der Waals surface area contributed by atoms with E-state index in [1.54, 1.807) is 25.1 Å². The van der Waals surface area contributed by atoms with Crippen LogP contribution in [0, 0.1) is 0 Å². The number of hydrogen-bond acceptors (Lipinski definition) is 5. The first-order valence-corrected chi connectivity index (χ1v) is 9.75. The molecule has 0 aliphatic rings. The first-order chi connectivity index (χ1) is 10.7. The van der Waals surface area contributed by atoms with Crippen molar-refractivity contribution < 1.29 is 27.9 Å². The zero-order valence-electron chi connectivity index (χ0n) is 13.2. The van der Waals surface area contributed by atoms with Crippen molar-refractivity contribution >= 4 is 27.2 Å². The van der Waals surface area contributed by atoms with Crippen molar-refractivity contribution in [2.24, 2.45) is 0 Å². The maximum Gasteiger partial charge on any atom is 0.512 e. The van der Waals surface area contributed by atoms with Gasteiger partial charge in [-0.2, -0.15) is 0 Å². The third kappa shape index (κ3) is 6.73. The van der Waals surface area contributed by atoms with Crippen molar-refractivity contribution in [3.05, 3.63) is 41.5 Å². The van der Waals surface area contributed by atoms with Crippen molar-refractivity contribution in [2.45, 2.75) is 19.2 Å². The number of rotatable bonds is 8.